The van der Waals surface area contributed by atoms with Gasteiger partial charge in [0.05, 0.1) is 0 Å². The maximum atomic E-state index is 12.8. The highest BCUT2D eigenvalue weighted by atomic mass is 19.1. The molecule has 1 N–H and O–H groups in total. The summed E-state index contributed by atoms with van der Waals surface area (Å²) in [5.74, 6) is -0.380. The highest BCUT2D eigenvalue weighted by Crippen LogP contribution is 2.08. The van der Waals surface area contributed by atoms with Gasteiger partial charge < -0.3 is 10.2 Å². The molecule has 0 aliphatic heterocycles. The lowest BCUT2D eigenvalue weighted by molar-refractivity contribution is -0.124. The van der Waals surface area contributed by atoms with Crippen molar-refractivity contribution in [1.82, 2.24) is 10.2 Å². The Bertz CT molecular complexity index is 474. The number of carbonyl (C=O) groups excluding carboxylic acids is 2. The van der Waals surface area contributed by atoms with E-state index in [0.29, 0.717) is 24.9 Å². The van der Waals surface area contributed by atoms with E-state index in [9.17, 15) is 14.0 Å². The maximum absolute atomic E-state index is 12.8. The molecule has 0 radical (unpaired) electrons. The number of nitrogens with one attached hydrogen (secondary N) is 1. The zero-order valence-corrected chi connectivity index (χ0v) is 12.9. The number of rotatable bonds is 8. The minimum absolute atomic E-state index is 0.0164. The molecular formula is C16H23FN2O2. The fourth-order valence-corrected chi connectivity index (χ4v) is 2.18. The summed E-state index contributed by atoms with van der Waals surface area (Å²) >= 11 is 0. The van der Waals surface area contributed by atoms with Gasteiger partial charge in [0.2, 0.25) is 5.91 Å². The first kappa shape index (κ1) is 17.3. The fourth-order valence-electron chi connectivity index (χ4n) is 2.18. The molecule has 116 valence electrons. The Morgan fingerprint density at radius 3 is 2.48 bits per heavy atom. The molecule has 1 amide bonds. The molecule has 0 saturated carbocycles. The second kappa shape index (κ2) is 8.52. The van der Waals surface area contributed by atoms with Gasteiger partial charge in [0.25, 0.3) is 0 Å². The van der Waals surface area contributed by atoms with E-state index in [1.165, 1.54) is 24.3 Å². The Hall–Kier alpha value is -1.75. The maximum Gasteiger partial charge on any atom is 0.223 e. The van der Waals surface area contributed by atoms with Gasteiger partial charge in [-0.2, -0.15) is 0 Å². The number of hydrogen-bond donors (Lipinski definition) is 1. The Morgan fingerprint density at radius 1 is 1.29 bits per heavy atom. The molecule has 0 bridgehead atoms. The van der Waals surface area contributed by atoms with Crippen molar-refractivity contribution in [2.24, 2.45) is 5.92 Å². The monoisotopic (exact) mass is 294 g/mol. The molecule has 1 unspecified atom stereocenters. The van der Waals surface area contributed by atoms with Gasteiger partial charge in [0.1, 0.15) is 5.82 Å². The van der Waals surface area contributed by atoms with Gasteiger partial charge in [-0.05, 0) is 44.3 Å². The summed E-state index contributed by atoms with van der Waals surface area (Å²) in [4.78, 5) is 25.4. The first-order valence-electron chi connectivity index (χ1n) is 7.13. The van der Waals surface area contributed by atoms with Crippen molar-refractivity contribution in [3.8, 4) is 0 Å². The number of hydrogen-bond acceptors (Lipinski definition) is 3. The first-order chi connectivity index (χ1) is 9.93. The van der Waals surface area contributed by atoms with Crippen molar-refractivity contribution in [1.29, 1.82) is 0 Å². The number of benzene rings is 1. The van der Waals surface area contributed by atoms with E-state index < -0.39 is 0 Å². The molecule has 4 nitrogen and oxygen atoms in total. The molecular weight excluding hydrogens is 271 g/mol. The molecule has 1 atom stereocenters. The second-order valence-corrected chi connectivity index (χ2v) is 5.31. The molecule has 0 fully saturated rings. The molecule has 21 heavy (non-hydrogen) atoms. The summed E-state index contributed by atoms with van der Waals surface area (Å²) in [5.41, 5.74) is 0.540. The summed E-state index contributed by atoms with van der Waals surface area (Å²) in [5, 5.41) is 2.62. The molecule has 0 aliphatic rings. The van der Waals surface area contributed by atoms with Crippen LogP contribution in [-0.2, 0) is 4.79 Å². The summed E-state index contributed by atoms with van der Waals surface area (Å²) in [7, 11) is 3.56. The molecule has 0 saturated heterocycles. The van der Waals surface area contributed by atoms with Crippen LogP contribution in [0.2, 0.25) is 0 Å². The lowest BCUT2D eigenvalue weighted by Crippen LogP contribution is -2.34. The third kappa shape index (κ3) is 6.04. The minimum atomic E-state index is -0.338. The van der Waals surface area contributed by atoms with Crippen molar-refractivity contribution < 1.29 is 14.0 Å². The molecule has 0 heterocycles. The van der Waals surface area contributed by atoms with E-state index in [-0.39, 0.29) is 23.4 Å². The van der Waals surface area contributed by atoms with E-state index in [1.807, 2.05) is 18.9 Å². The molecule has 0 aromatic heterocycles. The normalized spacial score (nSPS) is 12.2. The predicted molar refractivity (Wildman–Crippen MR) is 80.7 cm³/mol. The molecule has 1 aromatic carbocycles. The summed E-state index contributed by atoms with van der Waals surface area (Å²) in [6, 6.07) is 5.61. The molecule has 1 rings (SSSR count). The van der Waals surface area contributed by atoms with Crippen molar-refractivity contribution >= 4 is 11.7 Å². The third-order valence-electron chi connectivity index (χ3n) is 3.39. The Kier molecular flexibility index (Phi) is 7.02. The first-order valence-corrected chi connectivity index (χ1v) is 7.13. The van der Waals surface area contributed by atoms with Crippen molar-refractivity contribution in [2.45, 2.75) is 19.8 Å². The van der Waals surface area contributed by atoms with Crippen LogP contribution in [0.5, 0.6) is 0 Å². The van der Waals surface area contributed by atoms with Gasteiger partial charge in [0.15, 0.2) is 5.78 Å². The highest BCUT2D eigenvalue weighted by Gasteiger charge is 2.13. The Morgan fingerprint density at radius 2 is 1.90 bits per heavy atom. The zero-order valence-electron chi connectivity index (χ0n) is 12.9. The van der Waals surface area contributed by atoms with Gasteiger partial charge in [-0.1, -0.05) is 6.92 Å². The molecule has 5 heteroatoms. The van der Waals surface area contributed by atoms with Crippen LogP contribution >= 0.6 is 0 Å². The van der Waals surface area contributed by atoms with E-state index in [0.717, 1.165) is 6.54 Å². The van der Waals surface area contributed by atoms with Crippen LogP contribution in [0, 0.1) is 11.7 Å². The number of halogens is 1. The minimum Gasteiger partial charge on any atom is -0.359 e. The topological polar surface area (TPSA) is 49.4 Å². The van der Waals surface area contributed by atoms with Crippen LogP contribution in [0.25, 0.3) is 0 Å². The number of Topliss-reactive ketones (excluding diaryl/α,β-unsaturated/α-hetero) is 1. The lowest BCUT2D eigenvalue weighted by Gasteiger charge is -2.20. The van der Waals surface area contributed by atoms with Gasteiger partial charge in [-0.25, -0.2) is 4.39 Å². The Balaban J connectivity index is 2.31. The smallest absolute Gasteiger partial charge is 0.223 e. The van der Waals surface area contributed by atoms with Crippen LogP contribution < -0.4 is 5.32 Å². The number of ketones is 1. The molecule has 1 aromatic rings. The Labute approximate surface area is 125 Å². The van der Waals surface area contributed by atoms with Crippen LogP contribution in [0.1, 0.15) is 30.1 Å². The SMILES string of the molecule is CNC(=O)C(C)CN(C)CCCC(=O)c1ccc(F)cc1. The lowest BCUT2D eigenvalue weighted by atomic mass is 10.1. The van der Waals surface area contributed by atoms with Crippen LogP contribution in [-0.4, -0.2) is 43.8 Å². The van der Waals surface area contributed by atoms with Crippen LogP contribution in [0.3, 0.4) is 0 Å². The van der Waals surface area contributed by atoms with Gasteiger partial charge in [-0.3, -0.25) is 9.59 Å². The summed E-state index contributed by atoms with van der Waals surface area (Å²) in [6.07, 6.45) is 1.14. The van der Waals surface area contributed by atoms with Crippen LogP contribution in [0.15, 0.2) is 24.3 Å². The van der Waals surface area contributed by atoms with Crippen LogP contribution in [0.4, 0.5) is 4.39 Å². The zero-order chi connectivity index (χ0) is 15.8. The quantitative estimate of drug-likeness (QED) is 0.747. The van der Waals surface area contributed by atoms with E-state index in [1.54, 1.807) is 7.05 Å². The van der Waals surface area contributed by atoms with Gasteiger partial charge in [-0.15, -0.1) is 0 Å². The molecule has 0 aliphatic carbocycles. The van der Waals surface area contributed by atoms with E-state index >= 15 is 0 Å². The van der Waals surface area contributed by atoms with Crippen molar-refractivity contribution in [2.75, 3.05) is 27.2 Å². The fraction of sp³-hybridized carbons (Fsp3) is 0.500. The second-order valence-electron chi connectivity index (χ2n) is 5.31. The molecule has 0 spiro atoms. The largest absolute Gasteiger partial charge is 0.359 e. The third-order valence-corrected chi connectivity index (χ3v) is 3.39. The number of nitrogens with zero attached hydrogens (tertiary/aromatic N) is 1. The van der Waals surface area contributed by atoms with E-state index in [4.69, 9.17) is 0 Å². The summed E-state index contributed by atoms with van der Waals surface area (Å²) < 4.78 is 12.8. The number of amides is 1. The van der Waals surface area contributed by atoms with Gasteiger partial charge >= 0.3 is 0 Å². The predicted octanol–water partition coefficient (Wildman–Crippen LogP) is 2.10. The standard InChI is InChI=1S/C16H23FN2O2/c1-12(16(21)18-2)11-19(3)10-4-5-15(20)13-6-8-14(17)9-7-13/h6-9,12H,4-5,10-11H2,1-3H3,(H,18,21). The summed E-state index contributed by atoms with van der Waals surface area (Å²) in [6.45, 7) is 3.28. The number of carbonyl (C=O) groups is 2. The van der Waals surface area contributed by atoms with E-state index in [2.05, 4.69) is 5.32 Å². The average Bonchev–Trinajstić information content (AvgIpc) is 2.46. The highest BCUT2D eigenvalue weighted by molar-refractivity contribution is 5.95. The average molecular weight is 294 g/mol. The van der Waals surface area contributed by atoms with Crippen molar-refractivity contribution in [3.63, 3.8) is 0 Å². The van der Waals surface area contributed by atoms with Gasteiger partial charge in [0, 0.05) is 31.5 Å². The van der Waals surface area contributed by atoms with Crippen molar-refractivity contribution in [3.05, 3.63) is 35.6 Å².